The number of rotatable bonds is 5. The summed E-state index contributed by atoms with van der Waals surface area (Å²) in [7, 11) is 0. The van der Waals surface area contributed by atoms with Gasteiger partial charge in [-0.1, -0.05) is 39.8 Å². The van der Waals surface area contributed by atoms with Gasteiger partial charge in [0.15, 0.2) is 5.75 Å². The number of carbonyl (C=O) groups excluding carboxylic acids is 1. The van der Waals surface area contributed by atoms with Gasteiger partial charge in [-0.15, -0.1) is 0 Å². The van der Waals surface area contributed by atoms with Crippen LogP contribution in [-0.2, 0) is 11.2 Å². The molecule has 5 heteroatoms. The smallest absolute Gasteiger partial charge is 0.228 e. The first-order valence-electron chi connectivity index (χ1n) is 8.34. The van der Waals surface area contributed by atoms with E-state index in [1.54, 1.807) is 30.3 Å². The SMILES string of the molecule is CC(C)c1c(O)ccc(CC(=O)Nc2cccc(Br)c2O)c1C(C)C. The van der Waals surface area contributed by atoms with Crippen LogP contribution in [0, 0.1) is 0 Å². The topological polar surface area (TPSA) is 69.6 Å². The van der Waals surface area contributed by atoms with E-state index in [2.05, 4.69) is 35.1 Å². The van der Waals surface area contributed by atoms with Crippen LogP contribution in [-0.4, -0.2) is 16.1 Å². The van der Waals surface area contributed by atoms with E-state index in [1.165, 1.54) is 0 Å². The normalized spacial score (nSPS) is 11.2. The number of hydrogen-bond acceptors (Lipinski definition) is 3. The molecule has 4 nitrogen and oxygen atoms in total. The second-order valence-electron chi connectivity index (χ2n) is 6.74. The molecule has 0 aliphatic heterocycles. The predicted molar refractivity (Wildman–Crippen MR) is 104 cm³/mol. The molecule has 3 N–H and O–H groups in total. The van der Waals surface area contributed by atoms with Crippen LogP contribution in [0.5, 0.6) is 11.5 Å². The number of benzene rings is 2. The number of aromatic hydroxyl groups is 2. The maximum absolute atomic E-state index is 12.5. The number of phenols is 2. The van der Waals surface area contributed by atoms with Gasteiger partial charge in [-0.2, -0.15) is 0 Å². The zero-order valence-corrected chi connectivity index (χ0v) is 16.5. The Bertz CT molecular complexity index is 785. The van der Waals surface area contributed by atoms with Gasteiger partial charge in [0.2, 0.25) is 5.91 Å². The Kier molecular flexibility index (Phi) is 6.11. The molecule has 25 heavy (non-hydrogen) atoms. The second-order valence-corrected chi connectivity index (χ2v) is 7.60. The van der Waals surface area contributed by atoms with E-state index < -0.39 is 0 Å². The first kappa shape index (κ1) is 19.3. The third-order valence-corrected chi connectivity index (χ3v) is 4.76. The number of anilines is 1. The van der Waals surface area contributed by atoms with Crippen LogP contribution in [0.2, 0.25) is 0 Å². The van der Waals surface area contributed by atoms with Crippen LogP contribution in [0.3, 0.4) is 0 Å². The Morgan fingerprint density at radius 1 is 1.04 bits per heavy atom. The Labute approximate surface area is 157 Å². The van der Waals surface area contributed by atoms with E-state index in [1.807, 2.05) is 13.8 Å². The third-order valence-electron chi connectivity index (χ3n) is 4.12. The highest BCUT2D eigenvalue weighted by molar-refractivity contribution is 9.10. The van der Waals surface area contributed by atoms with Gasteiger partial charge in [0, 0.05) is 5.56 Å². The van der Waals surface area contributed by atoms with E-state index >= 15 is 0 Å². The van der Waals surface area contributed by atoms with Gasteiger partial charge in [-0.3, -0.25) is 4.79 Å². The van der Waals surface area contributed by atoms with Crippen molar-refractivity contribution in [1.82, 2.24) is 0 Å². The maximum atomic E-state index is 12.5. The quantitative estimate of drug-likeness (QED) is 0.591. The number of phenolic OH excluding ortho intramolecular Hbond substituents is 2. The standard InChI is InChI=1S/C20H24BrNO3/c1-11(2)18-13(8-9-16(23)19(18)12(3)4)10-17(24)22-15-7-5-6-14(21)20(15)25/h5-9,11-12,23,25H,10H2,1-4H3,(H,22,24). The van der Waals surface area contributed by atoms with Crippen molar-refractivity contribution in [2.24, 2.45) is 0 Å². The average Bonchev–Trinajstić information content (AvgIpc) is 2.52. The van der Waals surface area contributed by atoms with Gasteiger partial charge in [0.25, 0.3) is 0 Å². The summed E-state index contributed by atoms with van der Waals surface area (Å²) in [6, 6.07) is 8.56. The summed E-state index contributed by atoms with van der Waals surface area (Å²) in [5, 5.41) is 23.0. The van der Waals surface area contributed by atoms with Gasteiger partial charge in [0.05, 0.1) is 16.6 Å². The molecular weight excluding hydrogens is 382 g/mol. The first-order chi connectivity index (χ1) is 11.7. The highest BCUT2D eigenvalue weighted by Crippen LogP contribution is 2.36. The minimum Gasteiger partial charge on any atom is -0.508 e. The molecule has 2 aromatic carbocycles. The summed E-state index contributed by atoms with van der Waals surface area (Å²) < 4.78 is 0.528. The van der Waals surface area contributed by atoms with E-state index in [-0.39, 0.29) is 35.7 Å². The largest absolute Gasteiger partial charge is 0.508 e. The molecule has 0 aromatic heterocycles. The van der Waals surface area contributed by atoms with Gasteiger partial charge in [-0.25, -0.2) is 0 Å². The predicted octanol–water partition coefficient (Wildman–Crippen LogP) is 5.29. The monoisotopic (exact) mass is 405 g/mol. The molecule has 2 rings (SSSR count). The number of hydrogen-bond donors (Lipinski definition) is 3. The zero-order valence-electron chi connectivity index (χ0n) is 14.9. The van der Waals surface area contributed by atoms with Gasteiger partial charge in [0.1, 0.15) is 5.75 Å². The lowest BCUT2D eigenvalue weighted by Crippen LogP contribution is -2.17. The lowest BCUT2D eigenvalue weighted by Gasteiger charge is -2.21. The summed E-state index contributed by atoms with van der Waals surface area (Å²) >= 11 is 3.24. The van der Waals surface area contributed by atoms with Gasteiger partial charge < -0.3 is 15.5 Å². The third kappa shape index (κ3) is 4.34. The summed E-state index contributed by atoms with van der Waals surface area (Å²) in [5.41, 5.74) is 3.17. The van der Waals surface area contributed by atoms with Crippen molar-refractivity contribution in [2.75, 3.05) is 5.32 Å². The van der Waals surface area contributed by atoms with Crippen molar-refractivity contribution in [1.29, 1.82) is 0 Å². The van der Waals surface area contributed by atoms with Gasteiger partial charge in [-0.05, 0) is 57.1 Å². The molecule has 2 aromatic rings. The molecule has 0 atom stereocenters. The molecule has 0 saturated heterocycles. The van der Waals surface area contributed by atoms with Crippen LogP contribution >= 0.6 is 15.9 Å². The van der Waals surface area contributed by atoms with Crippen molar-refractivity contribution in [3.05, 3.63) is 51.5 Å². The fraction of sp³-hybridized carbons (Fsp3) is 0.350. The molecule has 0 aliphatic rings. The number of amides is 1. The number of nitrogens with one attached hydrogen (secondary N) is 1. The number of para-hydroxylation sites is 1. The molecule has 0 radical (unpaired) electrons. The minimum absolute atomic E-state index is 0.00788. The van der Waals surface area contributed by atoms with Crippen molar-refractivity contribution < 1.29 is 15.0 Å². The maximum Gasteiger partial charge on any atom is 0.228 e. The fourth-order valence-electron chi connectivity index (χ4n) is 3.10. The van der Waals surface area contributed by atoms with Crippen molar-refractivity contribution in [3.63, 3.8) is 0 Å². The lowest BCUT2D eigenvalue weighted by molar-refractivity contribution is -0.115. The number of carbonyl (C=O) groups is 1. The summed E-state index contributed by atoms with van der Waals surface area (Å²) in [6.45, 7) is 8.18. The molecule has 1 amide bonds. The Morgan fingerprint density at radius 3 is 2.28 bits per heavy atom. The van der Waals surface area contributed by atoms with Crippen molar-refractivity contribution >= 4 is 27.5 Å². The van der Waals surface area contributed by atoms with Crippen molar-refractivity contribution in [3.8, 4) is 11.5 Å². The molecule has 0 fully saturated rings. The molecule has 0 heterocycles. The summed E-state index contributed by atoms with van der Waals surface area (Å²) in [6.07, 6.45) is 0.180. The zero-order chi connectivity index (χ0) is 18.7. The van der Waals surface area contributed by atoms with Gasteiger partial charge >= 0.3 is 0 Å². The van der Waals surface area contributed by atoms with Crippen molar-refractivity contribution in [2.45, 2.75) is 46.0 Å². The van der Waals surface area contributed by atoms with E-state index in [0.717, 1.165) is 16.7 Å². The summed E-state index contributed by atoms with van der Waals surface area (Å²) in [4.78, 5) is 12.5. The Morgan fingerprint density at radius 2 is 1.68 bits per heavy atom. The van der Waals surface area contributed by atoms with E-state index in [9.17, 15) is 15.0 Å². The van der Waals surface area contributed by atoms with Crippen LogP contribution in [0.4, 0.5) is 5.69 Å². The van der Waals surface area contributed by atoms with Crippen LogP contribution in [0.15, 0.2) is 34.8 Å². The van der Waals surface area contributed by atoms with E-state index in [0.29, 0.717) is 10.2 Å². The molecule has 0 bridgehead atoms. The highest BCUT2D eigenvalue weighted by atomic mass is 79.9. The number of halogens is 1. The molecule has 0 unspecified atom stereocenters. The first-order valence-corrected chi connectivity index (χ1v) is 9.13. The molecular formula is C20H24BrNO3. The second kappa shape index (κ2) is 7.91. The Balaban J connectivity index is 2.32. The van der Waals surface area contributed by atoms with Crippen LogP contribution < -0.4 is 5.32 Å². The van der Waals surface area contributed by atoms with E-state index in [4.69, 9.17) is 0 Å². The average molecular weight is 406 g/mol. The Hall–Kier alpha value is -2.01. The molecule has 0 spiro atoms. The molecule has 134 valence electrons. The highest BCUT2D eigenvalue weighted by Gasteiger charge is 2.20. The minimum atomic E-state index is -0.212. The lowest BCUT2D eigenvalue weighted by atomic mass is 9.85. The van der Waals surface area contributed by atoms with Crippen LogP contribution in [0.25, 0.3) is 0 Å². The molecule has 0 aliphatic carbocycles. The fourth-order valence-corrected chi connectivity index (χ4v) is 3.46. The summed E-state index contributed by atoms with van der Waals surface area (Å²) in [5.74, 6) is 0.415. The van der Waals surface area contributed by atoms with Crippen LogP contribution in [0.1, 0.15) is 56.2 Å². The molecule has 0 saturated carbocycles.